The molecule has 0 saturated heterocycles. The van der Waals surface area contributed by atoms with E-state index in [9.17, 15) is 5.11 Å². The van der Waals surface area contributed by atoms with Crippen molar-refractivity contribution in [1.82, 2.24) is 9.78 Å². The van der Waals surface area contributed by atoms with Crippen LogP contribution in [0.4, 0.5) is 0 Å². The standard InChI is InChI=1S/C11H19ClN2O/c1-7(2)10(15)6-5-9-11(12)8(3)13-14(9)4/h7,10,15H,5-6H2,1-4H3. The molecule has 1 aromatic rings. The molecular formula is C11H19ClN2O. The summed E-state index contributed by atoms with van der Waals surface area (Å²) in [6.45, 7) is 5.92. The first kappa shape index (κ1) is 12.5. The summed E-state index contributed by atoms with van der Waals surface area (Å²) in [5.74, 6) is 0.290. The summed E-state index contributed by atoms with van der Waals surface area (Å²) in [5, 5.41) is 14.7. The second kappa shape index (κ2) is 4.99. The van der Waals surface area contributed by atoms with Crippen molar-refractivity contribution in [3.8, 4) is 0 Å². The minimum Gasteiger partial charge on any atom is -0.393 e. The largest absolute Gasteiger partial charge is 0.393 e. The van der Waals surface area contributed by atoms with Crippen molar-refractivity contribution in [2.24, 2.45) is 13.0 Å². The Balaban J connectivity index is 2.65. The summed E-state index contributed by atoms with van der Waals surface area (Å²) < 4.78 is 1.80. The van der Waals surface area contributed by atoms with Crippen LogP contribution >= 0.6 is 11.6 Å². The van der Waals surface area contributed by atoms with Crippen molar-refractivity contribution in [3.05, 3.63) is 16.4 Å². The molecule has 0 aliphatic heterocycles. The number of aromatic nitrogens is 2. The van der Waals surface area contributed by atoms with Crippen LogP contribution in [0.3, 0.4) is 0 Å². The number of nitrogens with zero attached hydrogens (tertiary/aromatic N) is 2. The molecule has 1 atom stereocenters. The van der Waals surface area contributed by atoms with E-state index in [1.54, 1.807) is 4.68 Å². The van der Waals surface area contributed by atoms with Crippen LogP contribution in [0.2, 0.25) is 5.02 Å². The lowest BCUT2D eigenvalue weighted by Crippen LogP contribution is -2.16. The molecule has 0 aliphatic carbocycles. The molecule has 0 aliphatic rings. The van der Waals surface area contributed by atoms with E-state index < -0.39 is 0 Å². The Morgan fingerprint density at radius 3 is 2.47 bits per heavy atom. The van der Waals surface area contributed by atoms with Crippen LogP contribution in [0.1, 0.15) is 31.7 Å². The molecule has 1 unspecified atom stereocenters. The SMILES string of the molecule is Cc1nn(C)c(CCC(O)C(C)C)c1Cl. The zero-order valence-electron chi connectivity index (χ0n) is 9.79. The highest BCUT2D eigenvalue weighted by molar-refractivity contribution is 6.31. The summed E-state index contributed by atoms with van der Waals surface area (Å²) in [6, 6.07) is 0. The Morgan fingerprint density at radius 2 is 2.07 bits per heavy atom. The van der Waals surface area contributed by atoms with E-state index in [4.69, 9.17) is 11.6 Å². The molecule has 1 aromatic heterocycles. The third-order valence-electron chi connectivity index (χ3n) is 2.71. The van der Waals surface area contributed by atoms with Gasteiger partial charge in [-0.1, -0.05) is 25.4 Å². The van der Waals surface area contributed by atoms with Crippen LogP contribution in [0.25, 0.3) is 0 Å². The highest BCUT2D eigenvalue weighted by Crippen LogP contribution is 2.21. The molecule has 1 heterocycles. The minimum atomic E-state index is -0.267. The van der Waals surface area contributed by atoms with Crippen LogP contribution in [0, 0.1) is 12.8 Å². The van der Waals surface area contributed by atoms with Crippen LogP contribution in [-0.4, -0.2) is 21.0 Å². The maximum atomic E-state index is 9.70. The van der Waals surface area contributed by atoms with E-state index in [-0.39, 0.29) is 12.0 Å². The molecule has 0 bridgehead atoms. The van der Waals surface area contributed by atoms with Gasteiger partial charge in [-0.25, -0.2) is 0 Å². The van der Waals surface area contributed by atoms with Gasteiger partial charge in [-0.3, -0.25) is 4.68 Å². The van der Waals surface area contributed by atoms with Gasteiger partial charge in [-0.2, -0.15) is 5.10 Å². The van der Waals surface area contributed by atoms with E-state index in [0.717, 1.165) is 29.3 Å². The number of hydrogen-bond donors (Lipinski definition) is 1. The molecule has 86 valence electrons. The molecule has 0 radical (unpaired) electrons. The summed E-state index contributed by atoms with van der Waals surface area (Å²) in [4.78, 5) is 0. The quantitative estimate of drug-likeness (QED) is 0.862. The lowest BCUT2D eigenvalue weighted by atomic mass is 10.0. The second-order valence-corrected chi connectivity index (χ2v) is 4.70. The fourth-order valence-corrected chi connectivity index (χ4v) is 1.82. The van der Waals surface area contributed by atoms with E-state index in [1.165, 1.54) is 0 Å². The van der Waals surface area contributed by atoms with Gasteiger partial charge in [-0.05, 0) is 25.7 Å². The topological polar surface area (TPSA) is 38.0 Å². The fourth-order valence-electron chi connectivity index (χ4n) is 1.57. The summed E-state index contributed by atoms with van der Waals surface area (Å²) >= 11 is 6.11. The van der Waals surface area contributed by atoms with Crippen LogP contribution < -0.4 is 0 Å². The molecule has 3 nitrogen and oxygen atoms in total. The summed E-state index contributed by atoms with van der Waals surface area (Å²) in [7, 11) is 1.88. The third-order valence-corrected chi connectivity index (χ3v) is 3.20. The number of aryl methyl sites for hydroxylation is 2. The highest BCUT2D eigenvalue weighted by Gasteiger charge is 2.14. The number of hydrogen-bond acceptors (Lipinski definition) is 2. The van der Waals surface area contributed by atoms with Gasteiger partial charge >= 0.3 is 0 Å². The maximum absolute atomic E-state index is 9.70. The normalized spacial score (nSPS) is 13.5. The molecule has 0 saturated carbocycles. The fraction of sp³-hybridized carbons (Fsp3) is 0.727. The Kier molecular flexibility index (Phi) is 4.17. The Bertz CT molecular complexity index is 334. The van der Waals surface area contributed by atoms with Gasteiger partial charge in [0, 0.05) is 7.05 Å². The number of aliphatic hydroxyl groups excluding tert-OH is 1. The second-order valence-electron chi connectivity index (χ2n) is 4.32. The third kappa shape index (κ3) is 2.95. The van der Waals surface area contributed by atoms with Crippen LogP contribution in [-0.2, 0) is 13.5 Å². The zero-order valence-corrected chi connectivity index (χ0v) is 10.5. The van der Waals surface area contributed by atoms with Crippen LogP contribution in [0.5, 0.6) is 0 Å². The Labute approximate surface area is 96.1 Å². The molecule has 0 aromatic carbocycles. The average molecular weight is 231 g/mol. The zero-order chi connectivity index (χ0) is 11.6. The predicted molar refractivity (Wildman–Crippen MR) is 62.1 cm³/mol. The van der Waals surface area contributed by atoms with Gasteiger partial charge in [0.25, 0.3) is 0 Å². The number of rotatable bonds is 4. The molecule has 15 heavy (non-hydrogen) atoms. The molecule has 0 fully saturated rings. The highest BCUT2D eigenvalue weighted by atomic mass is 35.5. The van der Waals surface area contributed by atoms with Crippen molar-refractivity contribution in [2.45, 2.75) is 39.7 Å². The Morgan fingerprint density at radius 1 is 1.47 bits per heavy atom. The number of aliphatic hydroxyl groups is 1. The monoisotopic (exact) mass is 230 g/mol. The first-order valence-corrected chi connectivity index (χ1v) is 5.67. The van der Waals surface area contributed by atoms with E-state index in [0.29, 0.717) is 0 Å². The lowest BCUT2D eigenvalue weighted by molar-refractivity contribution is 0.116. The van der Waals surface area contributed by atoms with E-state index >= 15 is 0 Å². The summed E-state index contributed by atoms with van der Waals surface area (Å²) in [6.07, 6.45) is 1.24. The Hall–Kier alpha value is -0.540. The molecule has 1 rings (SSSR count). The smallest absolute Gasteiger partial charge is 0.0846 e. The van der Waals surface area contributed by atoms with Crippen molar-refractivity contribution in [1.29, 1.82) is 0 Å². The van der Waals surface area contributed by atoms with Gasteiger partial charge in [0.15, 0.2) is 0 Å². The molecular weight excluding hydrogens is 212 g/mol. The van der Waals surface area contributed by atoms with Gasteiger partial charge in [-0.15, -0.1) is 0 Å². The van der Waals surface area contributed by atoms with Gasteiger partial charge in [0.2, 0.25) is 0 Å². The van der Waals surface area contributed by atoms with Crippen molar-refractivity contribution in [3.63, 3.8) is 0 Å². The van der Waals surface area contributed by atoms with Crippen molar-refractivity contribution in [2.75, 3.05) is 0 Å². The average Bonchev–Trinajstić information content (AvgIpc) is 2.38. The molecule has 0 amide bonds. The van der Waals surface area contributed by atoms with Gasteiger partial charge < -0.3 is 5.11 Å². The first-order valence-electron chi connectivity index (χ1n) is 5.29. The van der Waals surface area contributed by atoms with Crippen molar-refractivity contribution < 1.29 is 5.11 Å². The summed E-state index contributed by atoms with van der Waals surface area (Å²) in [5.41, 5.74) is 1.86. The van der Waals surface area contributed by atoms with Gasteiger partial charge in [0.1, 0.15) is 0 Å². The van der Waals surface area contributed by atoms with E-state index in [2.05, 4.69) is 5.10 Å². The van der Waals surface area contributed by atoms with Gasteiger partial charge in [0.05, 0.1) is 22.5 Å². The molecule has 1 N–H and O–H groups in total. The van der Waals surface area contributed by atoms with E-state index in [1.807, 2.05) is 27.8 Å². The molecule has 0 spiro atoms. The van der Waals surface area contributed by atoms with Crippen LogP contribution in [0.15, 0.2) is 0 Å². The molecule has 4 heteroatoms. The maximum Gasteiger partial charge on any atom is 0.0846 e. The predicted octanol–water partition coefficient (Wildman–Crippen LogP) is 2.33. The van der Waals surface area contributed by atoms with Crippen molar-refractivity contribution >= 4 is 11.6 Å². The lowest BCUT2D eigenvalue weighted by Gasteiger charge is -2.14. The first-order chi connectivity index (χ1) is 6.93. The number of halogens is 1. The minimum absolute atomic E-state index is 0.267.